The van der Waals surface area contributed by atoms with Gasteiger partial charge in [-0.3, -0.25) is 9.69 Å². The third-order valence-electron chi connectivity index (χ3n) is 6.69. The molecule has 4 atom stereocenters. The first kappa shape index (κ1) is 25.9. The zero-order valence-corrected chi connectivity index (χ0v) is 21.5. The fraction of sp³-hybridized carbons (Fsp3) is 0.741. The van der Waals surface area contributed by atoms with E-state index in [9.17, 15) is 4.79 Å². The molecular formula is C27H46N2O2. The van der Waals surface area contributed by atoms with E-state index < -0.39 is 0 Å². The highest BCUT2D eigenvalue weighted by atomic mass is 16.5. The molecule has 2 fully saturated rings. The Bertz CT molecular complexity index is 887. The summed E-state index contributed by atoms with van der Waals surface area (Å²) in [4.78, 5) is 15.6. The SMILES string of the molecule is CC.CCCC.Cc1c(CN2[C@@H](C)COC[C@@H]2C)n(C(C)C)c2c(c1=O)=CC1CC1C=2. The molecule has 0 amide bonds. The summed E-state index contributed by atoms with van der Waals surface area (Å²) in [5, 5.41) is 2.10. The summed E-state index contributed by atoms with van der Waals surface area (Å²) in [6, 6.07) is 1.09. The van der Waals surface area contributed by atoms with Crippen molar-refractivity contribution in [1.82, 2.24) is 9.47 Å². The van der Waals surface area contributed by atoms with E-state index in [0.29, 0.717) is 30.0 Å². The van der Waals surface area contributed by atoms with Crippen molar-refractivity contribution in [1.29, 1.82) is 0 Å². The number of hydrogen-bond donors (Lipinski definition) is 0. The summed E-state index contributed by atoms with van der Waals surface area (Å²) < 4.78 is 8.10. The van der Waals surface area contributed by atoms with Crippen molar-refractivity contribution in [3.63, 3.8) is 0 Å². The Morgan fingerprint density at radius 3 is 2.10 bits per heavy atom. The first-order valence-electron chi connectivity index (χ1n) is 12.6. The molecule has 0 aromatic carbocycles. The van der Waals surface area contributed by atoms with E-state index in [1.165, 1.54) is 25.0 Å². The van der Waals surface area contributed by atoms with Gasteiger partial charge in [-0.15, -0.1) is 0 Å². The fourth-order valence-corrected chi connectivity index (χ4v) is 4.58. The van der Waals surface area contributed by atoms with E-state index in [-0.39, 0.29) is 5.43 Å². The van der Waals surface area contributed by atoms with E-state index in [2.05, 4.69) is 63.2 Å². The second-order valence-corrected chi connectivity index (χ2v) is 9.47. The van der Waals surface area contributed by atoms with Crippen LogP contribution in [0.15, 0.2) is 4.79 Å². The highest BCUT2D eigenvalue weighted by molar-refractivity contribution is 5.49. The first-order valence-corrected chi connectivity index (χ1v) is 12.6. The number of unbranched alkanes of at least 4 members (excludes halogenated alkanes) is 1. The van der Waals surface area contributed by atoms with Crippen LogP contribution in [0.1, 0.15) is 92.0 Å². The van der Waals surface area contributed by atoms with Crippen molar-refractivity contribution < 1.29 is 4.74 Å². The second kappa shape index (κ2) is 11.5. The Morgan fingerprint density at radius 1 is 1.03 bits per heavy atom. The summed E-state index contributed by atoms with van der Waals surface area (Å²) in [6.07, 6.45) is 8.44. The minimum absolute atomic E-state index is 0.233. The maximum absolute atomic E-state index is 13.1. The summed E-state index contributed by atoms with van der Waals surface area (Å²) in [7, 11) is 0. The molecular weight excluding hydrogens is 384 g/mol. The molecule has 4 rings (SSSR count). The molecule has 3 aliphatic rings. The van der Waals surface area contributed by atoms with Crippen molar-refractivity contribution >= 4 is 12.2 Å². The van der Waals surface area contributed by atoms with E-state index in [1.807, 2.05) is 20.8 Å². The van der Waals surface area contributed by atoms with Gasteiger partial charge in [0.25, 0.3) is 0 Å². The monoisotopic (exact) mass is 430 g/mol. The predicted octanol–water partition coefficient (Wildman–Crippen LogP) is 4.39. The zero-order valence-electron chi connectivity index (χ0n) is 21.5. The van der Waals surface area contributed by atoms with Gasteiger partial charge >= 0.3 is 0 Å². The Kier molecular flexibility index (Phi) is 9.57. The van der Waals surface area contributed by atoms with Crippen molar-refractivity contribution in [2.45, 2.75) is 106 Å². The number of hydrogen-bond acceptors (Lipinski definition) is 3. The molecule has 2 heterocycles. The largest absolute Gasteiger partial charge is 0.378 e. The number of fused-ring (bicyclic) bond motifs is 2. The first-order chi connectivity index (χ1) is 14.8. The van der Waals surface area contributed by atoms with Gasteiger partial charge in [-0.25, -0.2) is 0 Å². The van der Waals surface area contributed by atoms with E-state index >= 15 is 0 Å². The fourth-order valence-electron chi connectivity index (χ4n) is 4.58. The molecule has 0 radical (unpaired) electrons. The summed E-state index contributed by atoms with van der Waals surface area (Å²) in [5.41, 5.74) is 2.34. The van der Waals surface area contributed by atoms with Crippen LogP contribution in [0.4, 0.5) is 0 Å². The lowest BCUT2D eigenvalue weighted by molar-refractivity contribution is -0.0422. The topological polar surface area (TPSA) is 34.5 Å². The van der Waals surface area contributed by atoms with Gasteiger partial charge in [0, 0.05) is 46.5 Å². The molecule has 0 N–H and O–H groups in total. The zero-order chi connectivity index (χ0) is 23.3. The number of rotatable bonds is 4. The maximum atomic E-state index is 13.1. The van der Waals surface area contributed by atoms with E-state index in [0.717, 1.165) is 35.9 Å². The van der Waals surface area contributed by atoms with Crippen LogP contribution in [0, 0.1) is 18.8 Å². The number of ether oxygens (including phenoxy) is 1. The molecule has 2 aliphatic carbocycles. The van der Waals surface area contributed by atoms with Crippen LogP contribution in [0.25, 0.3) is 12.2 Å². The molecule has 2 unspecified atom stereocenters. The van der Waals surface area contributed by atoms with Gasteiger partial charge < -0.3 is 9.30 Å². The number of pyridine rings is 1. The van der Waals surface area contributed by atoms with Crippen LogP contribution in [0.3, 0.4) is 0 Å². The van der Waals surface area contributed by atoms with Gasteiger partial charge in [-0.1, -0.05) is 52.7 Å². The average Bonchev–Trinajstić information content (AvgIpc) is 3.53. The molecule has 4 nitrogen and oxygen atoms in total. The Balaban J connectivity index is 0.000000513. The highest BCUT2D eigenvalue weighted by Crippen LogP contribution is 2.41. The van der Waals surface area contributed by atoms with Gasteiger partial charge in [-0.05, 0) is 52.9 Å². The van der Waals surface area contributed by atoms with E-state index in [4.69, 9.17) is 4.74 Å². The lowest BCUT2D eigenvalue weighted by atomic mass is 10.0. The van der Waals surface area contributed by atoms with Crippen LogP contribution >= 0.6 is 0 Å². The Morgan fingerprint density at radius 2 is 1.58 bits per heavy atom. The van der Waals surface area contributed by atoms with Crippen molar-refractivity contribution in [3.05, 3.63) is 32.0 Å². The lowest BCUT2D eigenvalue weighted by Gasteiger charge is -2.39. The summed E-state index contributed by atoms with van der Waals surface area (Å²) >= 11 is 0. The maximum Gasteiger partial charge on any atom is 0.192 e. The second-order valence-electron chi connectivity index (χ2n) is 9.47. The molecule has 176 valence electrons. The minimum Gasteiger partial charge on any atom is -0.378 e. The van der Waals surface area contributed by atoms with Crippen LogP contribution < -0.4 is 16.0 Å². The van der Waals surface area contributed by atoms with Crippen LogP contribution in [0.5, 0.6) is 0 Å². The summed E-state index contributed by atoms with van der Waals surface area (Å²) in [5.74, 6) is 1.25. The van der Waals surface area contributed by atoms with Gasteiger partial charge in [-0.2, -0.15) is 0 Å². The third kappa shape index (κ3) is 5.70. The number of nitrogens with zero attached hydrogens (tertiary/aromatic N) is 2. The van der Waals surface area contributed by atoms with Crippen molar-refractivity contribution in [2.75, 3.05) is 13.2 Å². The quantitative estimate of drug-likeness (QED) is 0.710. The average molecular weight is 431 g/mol. The Labute approximate surface area is 190 Å². The van der Waals surface area contributed by atoms with Crippen LogP contribution in [0.2, 0.25) is 0 Å². The van der Waals surface area contributed by atoms with Crippen molar-refractivity contribution in [2.24, 2.45) is 11.8 Å². The number of morpholine rings is 1. The highest BCUT2D eigenvalue weighted by Gasteiger charge is 2.36. The minimum atomic E-state index is 0.233. The van der Waals surface area contributed by atoms with Gasteiger partial charge in [0.2, 0.25) is 0 Å². The summed E-state index contributed by atoms with van der Waals surface area (Å²) in [6.45, 7) is 21.6. The van der Waals surface area contributed by atoms with Crippen LogP contribution in [-0.2, 0) is 11.3 Å². The smallest absolute Gasteiger partial charge is 0.192 e. The standard InChI is InChI=1S/C21H30N2O2.C4H10.C2H6/c1-12(2)23-19-8-17-6-16(17)7-18(19)21(24)15(5)20(23)9-22-13(3)10-25-11-14(22)4;1-3-4-2;1-2/h7-8,12-14,16-17H,6,9-11H2,1-5H3;3-4H2,1-2H3;1-2H3/t13-,14-,16?,17?;;/m0../s1. The molecule has 1 aromatic rings. The lowest BCUT2D eigenvalue weighted by Crippen LogP contribution is -2.53. The molecule has 0 bridgehead atoms. The number of aromatic nitrogens is 1. The third-order valence-corrected chi connectivity index (χ3v) is 6.69. The van der Waals surface area contributed by atoms with Gasteiger partial charge in [0.1, 0.15) is 0 Å². The normalized spacial score (nSPS) is 26.3. The van der Waals surface area contributed by atoms with Gasteiger partial charge in [0.05, 0.1) is 13.2 Å². The molecule has 4 heteroatoms. The molecule has 1 saturated carbocycles. The molecule has 1 aromatic heterocycles. The molecule has 1 aliphatic heterocycles. The molecule has 31 heavy (non-hydrogen) atoms. The Hall–Kier alpha value is -1.39. The van der Waals surface area contributed by atoms with Gasteiger partial charge in [0.15, 0.2) is 5.43 Å². The van der Waals surface area contributed by atoms with Crippen LogP contribution in [-0.4, -0.2) is 34.8 Å². The van der Waals surface area contributed by atoms with E-state index in [1.54, 1.807) is 0 Å². The molecule has 1 saturated heterocycles. The predicted molar refractivity (Wildman–Crippen MR) is 133 cm³/mol. The molecule has 0 spiro atoms. The van der Waals surface area contributed by atoms with Crippen molar-refractivity contribution in [3.8, 4) is 0 Å².